The van der Waals surface area contributed by atoms with Gasteiger partial charge in [-0.25, -0.2) is 4.79 Å². The number of rotatable bonds is 6. The monoisotopic (exact) mass is 1010 g/mol. The van der Waals surface area contributed by atoms with Gasteiger partial charge in [-0.1, -0.05) is 98.9 Å². The molecule has 3 aliphatic rings. The summed E-state index contributed by atoms with van der Waals surface area (Å²) >= 11 is 0. The van der Waals surface area contributed by atoms with Crippen LogP contribution in [0.5, 0.6) is 0 Å². The maximum Gasteiger partial charge on any atom is 0.315 e. The quantitative estimate of drug-likeness (QED) is 0.163. The van der Waals surface area contributed by atoms with E-state index in [2.05, 4.69) is 10.6 Å². The number of Topliss-reactive ketones (excluding diaryl/α,β-unsaturated/α-hetero) is 1. The van der Waals surface area contributed by atoms with Crippen molar-refractivity contribution in [2.75, 3.05) is 6.54 Å². The van der Waals surface area contributed by atoms with E-state index in [1.165, 1.54) is 6.92 Å². The predicted molar refractivity (Wildman–Crippen MR) is 261 cm³/mol. The topological polar surface area (TPSA) is 341 Å². The lowest BCUT2D eigenvalue weighted by Gasteiger charge is -2.46. The third-order valence-corrected chi connectivity index (χ3v) is 12.8. The molecule has 3 rings (SSSR count). The van der Waals surface area contributed by atoms with Crippen molar-refractivity contribution in [3.8, 4) is 0 Å². The fourth-order valence-electron chi connectivity index (χ4n) is 8.39. The number of nitrogens with two attached hydrogens (primary N) is 1. The van der Waals surface area contributed by atoms with Gasteiger partial charge in [-0.2, -0.15) is 0 Å². The molecule has 6 unspecified atom stereocenters. The van der Waals surface area contributed by atoms with Crippen LogP contribution in [0.15, 0.2) is 85.1 Å². The zero-order valence-electron chi connectivity index (χ0n) is 41.5. The number of aliphatic hydroxyl groups is 10. The lowest BCUT2D eigenvalue weighted by molar-refractivity contribution is -0.303. The standard InChI is InChI=1S/C51H81N3O17/c1-30-18-16-14-12-10-8-6-7-9-11-13-15-17-19-38(70-49-48(65)44(52)47(64)34(5)69-49)27-42-45(54-50(66)53-23-22-31(2)55)41(61)29-51(67,71-42)28-37(58)25-40(60)39(59)21-20-35(56)24-36(57)26-43(62)68-33(4)32(3)46(30)63/h6-19,30,32-42,44-49,56-61,63-65,67H,20-29,52H2,1-5H3,(H2,53,54,66)/b7-6+,10-8+,11-9+,14-12+,15-13+,18-16+,19-17+/t30-,32-,33-,34?,35+,36+,37-,38-,39+,40+,41-,42?,44?,45+,46+,47?,48?,49?,51+/m0/s1. The Labute approximate surface area is 416 Å². The molecule has 0 aromatic carbocycles. The van der Waals surface area contributed by atoms with E-state index < -0.39 is 147 Å². The average molecular weight is 1010 g/mol. The number of carbonyl (C=O) groups is 3. The highest BCUT2D eigenvalue weighted by molar-refractivity contribution is 5.78. The largest absolute Gasteiger partial charge is 0.462 e. The molecule has 20 heteroatoms. The molecule has 2 fully saturated rings. The second-order valence-corrected chi connectivity index (χ2v) is 19.1. The summed E-state index contributed by atoms with van der Waals surface area (Å²) in [4.78, 5) is 37.3. The Hall–Kier alpha value is -3.97. The summed E-state index contributed by atoms with van der Waals surface area (Å²) in [5.74, 6) is -3.93. The number of hydrogen-bond acceptors (Lipinski definition) is 18. The van der Waals surface area contributed by atoms with E-state index in [4.69, 9.17) is 24.7 Å². The fraction of sp³-hybridized carbons (Fsp3) is 0.667. The van der Waals surface area contributed by atoms with Gasteiger partial charge in [0, 0.05) is 50.5 Å². The van der Waals surface area contributed by atoms with E-state index >= 15 is 0 Å². The van der Waals surface area contributed by atoms with E-state index in [9.17, 15) is 65.4 Å². The van der Waals surface area contributed by atoms with Gasteiger partial charge in [0.15, 0.2) is 12.1 Å². The molecule has 0 radical (unpaired) electrons. The summed E-state index contributed by atoms with van der Waals surface area (Å²) in [6, 6.07) is -3.14. The summed E-state index contributed by atoms with van der Waals surface area (Å²) in [5, 5.41) is 115. The molecule has 0 spiro atoms. The number of amides is 2. The van der Waals surface area contributed by atoms with Crippen LogP contribution in [0, 0.1) is 11.8 Å². The second kappa shape index (κ2) is 30.9. The summed E-state index contributed by atoms with van der Waals surface area (Å²) in [7, 11) is 0. The first-order chi connectivity index (χ1) is 33.5. The SMILES string of the molecule is CC(=O)CCNC(=O)N[C@H]1C2C[C@@H](OC3OC(C)C(O)C(N)C3O)/C=C/C=C/C=C/C=C/C=C/C=C/C=C/[C@H](C)[C@@H](O)[C@@H](C)[C@H](C)OC(=O)C[C@H](O)C[C@H](O)CC[C@@H](O)[C@H](O)C[C@H](O)C[C@](O)(C[C@@H]1O)O2. The molecule has 0 saturated carbocycles. The zero-order chi connectivity index (χ0) is 52.8. The minimum absolute atomic E-state index is 0.0133. The molecule has 2 amide bonds. The van der Waals surface area contributed by atoms with E-state index in [1.54, 1.807) is 81.5 Å². The normalized spacial score (nSPS) is 42.5. The maximum absolute atomic E-state index is 13.1. The molecular weight excluding hydrogens is 927 g/mol. The molecule has 2 saturated heterocycles. The van der Waals surface area contributed by atoms with Gasteiger partial charge in [0.05, 0.1) is 85.6 Å². The number of nitrogens with one attached hydrogen (secondary N) is 2. The summed E-state index contributed by atoms with van der Waals surface area (Å²) in [6.45, 7) is 8.11. The Kier molecular flexibility index (Phi) is 26.7. The number of carbonyl (C=O) groups excluding carboxylic acids is 3. The number of fused-ring (bicyclic) bond motifs is 2. The average Bonchev–Trinajstić information content (AvgIpc) is 3.28. The van der Waals surface area contributed by atoms with E-state index in [0.717, 1.165) is 0 Å². The van der Waals surface area contributed by atoms with Crippen LogP contribution in [0.4, 0.5) is 4.79 Å². The van der Waals surface area contributed by atoms with E-state index in [0.29, 0.717) is 0 Å². The Morgan fingerprint density at radius 3 is 1.90 bits per heavy atom. The first kappa shape index (κ1) is 61.3. The van der Waals surface area contributed by atoms with Crippen LogP contribution in [-0.4, -0.2) is 179 Å². The Morgan fingerprint density at radius 2 is 1.30 bits per heavy atom. The second-order valence-electron chi connectivity index (χ2n) is 19.1. The molecule has 3 aliphatic heterocycles. The lowest BCUT2D eigenvalue weighted by Crippen LogP contribution is -2.64. The van der Waals surface area contributed by atoms with Crippen molar-refractivity contribution in [2.24, 2.45) is 17.6 Å². The fourth-order valence-corrected chi connectivity index (χ4v) is 8.39. The molecule has 2 bridgehead atoms. The number of allylic oxidation sites excluding steroid dienone is 12. The molecule has 71 heavy (non-hydrogen) atoms. The third kappa shape index (κ3) is 22.0. The number of esters is 1. The lowest BCUT2D eigenvalue weighted by atomic mass is 9.87. The highest BCUT2D eigenvalue weighted by Gasteiger charge is 2.49. The predicted octanol–water partition coefficient (Wildman–Crippen LogP) is 0.658. The number of hydrogen-bond donors (Lipinski definition) is 13. The van der Waals surface area contributed by atoms with Crippen LogP contribution < -0.4 is 16.4 Å². The maximum atomic E-state index is 13.1. The minimum Gasteiger partial charge on any atom is -0.462 e. The molecule has 402 valence electrons. The molecule has 14 N–H and O–H groups in total. The Bertz CT molecular complexity index is 1840. The van der Waals surface area contributed by atoms with Crippen LogP contribution in [0.2, 0.25) is 0 Å². The Balaban J connectivity index is 1.93. The van der Waals surface area contributed by atoms with Crippen molar-refractivity contribution >= 4 is 17.8 Å². The Morgan fingerprint density at radius 1 is 0.704 bits per heavy atom. The number of ketones is 1. The summed E-state index contributed by atoms with van der Waals surface area (Å²) < 4.78 is 23.7. The van der Waals surface area contributed by atoms with E-state index in [1.807, 2.05) is 31.2 Å². The number of cyclic esters (lactones) is 1. The minimum atomic E-state index is -2.29. The molecule has 3 heterocycles. The van der Waals surface area contributed by atoms with Gasteiger partial charge in [0.2, 0.25) is 0 Å². The van der Waals surface area contributed by atoms with Crippen LogP contribution in [0.25, 0.3) is 0 Å². The van der Waals surface area contributed by atoms with Gasteiger partial charge in [-0.3, -0.25) is 9.59 Å². The van der Waals surface area contributed by atoms with Gasteiger partial charge < -0.3 is 86.4 Å². The van der Waals surface area contributed by atoms with Gasteiger partial charge in [0.25, 0.3) is 0 Å². The van der Waals surface area contributed by atoms with Crippen molar-refractivity contribution in [3.63, 3.8) is 0 Å². The van der Waals surface area contributed by atoms with Crippen LogP contribution >= 0.6 is 0 Å². The molecule has 20 nitrogen and oxygen atoms in total. The zero-order valence-corrected chi connectivity index (χ0v) is 41.5. The first-order valence-electron chi connectivity index (χ1n) is 24.5. The van der Waals surface area contributed by atoms with Crippen molar-refractivity contribution in [1.29, 1.82) is 0 Å². The van der Waals surface area contributed by atoms with Crippen LogP contribution in [0.1, 0.15) is 92.4 Å². The van der Waals surface area contributed by atoms with Crippen molar-refractivity contribution in [1.82, 2.24) is 10.6 Å². The number of urea groups is 1. The third-order valence-electron chi connectivity index (χ3n) is 12.8. The molecule has 0 aliphatic carbocycles. The van der Waals surface area contributed by atoms with Gasteiger partial charge in [-0.15, -0.1) is 0 Å². The highest BCUT2D eigenvalue weighted by Crippen LogP contribution is 2.35. The number of aliphatic hydroxyl groups excluding tert-OH is 9. The summed E-state index contributed by atoms with van der Waals surface area (Å²) in [6.07, 6.45) is 4.37. The molecule has 0 aromatic heterocycles. The molecule has 0 aromatic rings. The van der Waals surface area contributed by atoms with Gasteiger partial charge >= 0.3 is 12.0 Å². The summed E-state index contributed by atoms with van der Waals surface area (Å²) in [5.41, 5.74) is 6.09. The van der Waals surface area contributed by atoms with Crippen molar-refractivity contribution < 1.29 is 84.4 Å². The smallest absolute Gasteiger partial charge is 0.315 e. The van der Waals surface area contributed by atoms with Crippen molar-refractivity contribution in [3.05, 3.63) is 85.1 Å². The van der Waals surface area contributed by atoms with Gasteiger partial charge in [0.1, 0.15) is 18.0 Å². The molecular formula is C51H81N3O17. The van der Waals surface area contributed by atoms with E-state index in [-0.39, 0.29) is 50.4 Å². The first-order valence-corrected chi connectivity index (χ1v) is 24.5. The van der Waals surface area contributed by atoms with Crippen LogP contribution in [-0.2, 0) is 28.5 Å². The highest BCUT2D eigenvalue weighted by atomic mass is 16.7. The molecule has 19 atom stereocenters. The number of ether oxygens (including phenoxy) is 4. The van der Waals surface area contributed by atoms with Crippen LogP contribution in [0.3, 0.4) is 0 Å². The van der Waals surface area contributed by atoms with Gasteiger partial charge in [-0.05, 0) is 40.0 Å². The van der Waals surface area contributed by atoms with Crippen molar-refractivity contribution in [2.45, 2.75) is 196 Å².